The van der Waals surface area contributed by atoms with Crippen molar-refractivity contribution in [3.8, 4) is 0 Å². The lowest BCUT2D eigenvalue weighted by Gasteiger charge is -2.22. The maximum atomic E-state index is 2.48. The van der Waals surface area contributed by atoms with E-state index in [0.29, 0.717) is 0 Å². The Kier molecular flexibility index (Phi) is 0.852. The molecule has 1 saturated carbocycles. The molecule has 1 heterocycles. The van der Waals surface area contributed by atoms with Crippen LogP contribution in [0.5, 0.6) is 0 Å². The van der Waals surface area contributed by atoms with Crippen LogP contribution in [-0.2, 0) is 0 Å². The third-order valence-electron chi connectivity index (χ3n) is 3.58. The number of hydrogen-bond acceptors (Lipinski definition) is 1. The summed E-state index contributed by atoms with van der Waals surface area (Å²) in [5, 5.41) is 0. The summed E-state index contributed by atoms with van der Waals surface area (Å²) in [6.45, 7) is 6.12. The zero-order valence-corrected chi connectivity index (χ0v) is 6.52. The Balaban J connectivity index is 2.18. The van der Waals surface area contributed by atoms with Crippen molar-refractivity contribution in [2.24, 2.45) is 11.3 Å². The maximum Gasteiger partial charge on any atom is 0.0121 e. The summed E-state index contributed by atoms with van der Waals surface area (Å²) in [4.78, 5) is 2.48. The molecule has 1 unspecified atom stereocenters. The molecule has 1 aliphatic heterocycles. The van der Waals surface area contributed by atoms with Gasteiger partial charge in [-0.2, -0.15) is 0 Å². The lowest BCUT2D eigenvalue weighted by atomic mass is 10.0. The topological polar surface area (TPSA) is 3.24 Å². The molecule has 9 heavy (non-hydrogen) atoms. The van der Waals surface area contributed by atoms with Crippen molar-refractivity contribution in [3.63, 3.8) is 0 Å². The zero-order valence-electron chi connectivity index (χ0n) is 6.52. The minimum atomic E-state index is 0.717. The molecule has 0 aromatic carbocycles. The van der Waals surface area contributed by atoms with Crippen molar-refractivity contribution >= 4 is 0 Å². The highest BCUT2D eigenvalue weighted by Gasteiger charge is 2.59. The summed E-state index contributed by atoms with van der Waals surface area (Å²) in [6.07, 6.45) is 1.48. The van der Waals surface area contributed by atoms with E-state index in [2.05, 4.69) is 25.8 Å². The van der Waals surface area contributed by atoms with Crippen LogP contribution in [0.25, 0.3) is 0 Å². The van der Waals surface area contributed by atoms with E-state index in [-0.39, 0.29) is 0 Å². The number of piperidine rings is 1. The quantitative estimate of drug-likeness (QED) is 0.472. The Morgan fingerprint density at radius 1 is 1.56 bits per heavy atom. The van der Waals surface area contributed by atoms with Crippen molar-refractivity contribution in [3.05, 3.63) is 0 Å². The van der Waals surface area contributed by atoms with E-state index in [0.717, 1.165) is 17.4 Å². The molecule has 2 fully saturated rings. The summed E-state index contributed by atoms with van der Waals surface area (Å²) in [7, 11) is 2.24. The second-order valence-electron chi connectivity index (χ2n) is 4.02. The van der Waals surface area contributed by atoms with E-state index < -0.39 is 0 Å². The number of hydrogen-bond donors (Lipinski definition) is 0. The molecule has 0 amide bonds. The molecule has 52 valence electrons. The molecule has 3 atom stereocenters. The van der Waals surface area contributed by atoms with Crippen molar-refractivity contribution in [1.29, 1.82) is 0 Å². The molecule has 0 aromatic rings. The van der Waals surface area contributed by atoms with Crippen LogP contribution in [0.1, 0.15) is 20.3 Å². The Bertz CT molecular complexity index is 144. The minimum absolute atomic E-state index is 0.717. The van der Waals surface area contributed by atoms with Crippen LogP contribution in [0, 0.1) is 11.3 Å². The standard InChI is InChI=1S/C8H15N/c1-6-8(2)4-7(8)5-9(6)3/h6-7H,4-5H2,1-3H3/t6-,7?,8-/m0/s1. The molecule has 0 aromatic heterocycles. The lowest BCUT2D eigenvalue weighted by molar-refractivity contribution is 0.249. The van der Waals surface area contributed by atoms with Gasteiger partial charge in [0, 0.05) is 12.6 Å². The molecule has 1 nitrogen and oxygen atoms in total. The van der Waals surface area contributed by atoms with E-state index in [1.807, 2.05) is 0 Å². The summed E-state index contributed by atoms with van der Waals surface area (Å²) in [5.41, 5.74) is 0.717. The van der Waals surface area contributed by atoms with Crippen LogP contribution < -0.4 is 0 Å². The third kappa shape index (κ3) is 0.536. The van der Waals surface area contributed by atoms with E-state index in [4.69, 9.17) is 0 Å². The average Bonchev–Trinajstić information content (AvgIpc) is 2.36. The molecule has 1 saturated heterocycles. The Morgan fingerprint density at radius 2 is 2.22 bits per heavy atom. The van der Waals surface area contributed by atoms with Crippen molar-refractivity contribution < 1.29 is 0 Å². The zero-order chi connectivity index (χ0) is 6.65. The predicted octanol–water partition coefficient (Wildman–Crippen LogP) is 1.35. The highest BCUT2D eigenvalue weighted by molar-refractivity contribution is 5.11. The summed E-state index contributed by atoms with van der Waals surface area (Å²) in [5.74, 6) is 1.04. The smallest absolute Gasteiger partial charge is 0.0121 e. The van der Waals surface area contributed by atoms with Crippen molar-refractivity contribution in [1.82, 2.24) is 4.90 Å². The molecule has 2 aliphatic rings. The third-order valence-corrected chi connectivity index (χ3v) is 3.58. The van der Waals surface area contributed by atoms with Gasteiger partial charge in [-0.15, -0.1) is 0 Å². The first-order chi connectivity index (χ1) is 4.14. The fourth-order valence-corrected chi connectivity index (χ4v) is 2.27. The molecule has 0 radical (unpaired) electrons. The van der Waals surface area contributed by atoms with E-state index in [1.165, 1.54) is 13.0 Å². The molecular formula is C8H15N. The molecule has 0 bridgehead atoms. The fourth-order valence-electron chi connectivity index (χ4n) is 2.27. The summed E-state index contributed by atoms with van der Waals surface area (Å²) >= 11 is 0. The van der Waals surface area contributed by atoms with Gasteiger partial charge in [-0.05, 0) is 31.7 Å². The van der Waals surface area contributed by atoms with Gasteiger partial charge in [0.15, 0.2) is 0 Å². The first kappa shape index (κ1) is 5.72. The SMILES string of the molecule is C[C@@H]1N(C)CC2C[C@]21C. The van der Waals surface area contributed by atoms with Gasteiger partial charge in [0.05, 0.1) is 0 Å². The lowest BCUT2D eigenvalue weighted by Crippen LogP contribution is -2.29. The van der Waals surface area contributed by atoms with Crippen LogP contribution in [0.2, 0.25) is 0 Å². The van der Waals surface area contributed by atoms with Crippen LogP contribution in [0.3, 0.4) is 0 Å². The van der Waals surface area contributed by atoms with Crippen LogP contribution >= 0.6 is 0 Å². The molecule has 1 heteroatoms. The van der Waals surface area contributed by atoms with Gasteiger partial charge < -0.3 is 4.90 Å². The number of rotatable bonds is 0. The average molecular weight is 125 g/mol. The Morgan fingerprint density at radius 3 is 2.44 bits per heavy atom. The van der Waals surface area contributed by atoms with Gasteiger partial charge in [-0.3, -0.25) is 0 Å². The van der Waals surface area contributed by atoms with Gasteiger partial charge in [0.1, 0.15) is 0 Å². The van der Waals surface area contributed by atoms with Gasteiger partial charge >= 0.3 is 0 Å². The second kappa shape index (κ2) is 1.34. The van der Waals surface area contributed by atoms with Crippen LogP contribution in [0.4, 0.5) is 0 Å². The van der Waals surface area contributed by atoms with Gasteiger partial charge in [0.25, 0.3) is 0 Å². The molecular weight excluding hydrogens is 110 g/mol. The van der Waals surface area contributed by atoms with E-state index in [9.17, 15) is 0 Å². The molecule has 0 spiro atoms. The number of nitrogens with zero attached hydrogens (tertiary/aromatic N) is 1. The van der Waals surface area contributed by atoms with E-state index >= 15 is 0 Å². The second-order valence-corrected chi connectivity index (χ2v) is 4.02. The highest BCUT2D eigenvalue weighted by Crippen LogP contribution is 2.60. The van der Waals surface area contributed by atoms with Crippen LogP contribution in [-0.4, -0.2) is 24.5 Å². The summed E-state index contributed by atoms with van der Waals surface area (Å²) in [6, 6.07) is 0.836. The minimum Gasteiger partial charge on any atom is -0.303 e. The normalized spacial score (nSPS) is 57.7. The number of fused-ring (bicyclic) bond motifs is 1. The Labute approximate surface area is 57.0 Å². The number of likely N-dealkylation sites (tertiary alicyclic amines) is 1. The van der Waals surface area contributed by atoms with Gasteiger partial charge in [-0.25, -0.2) is 0 Å². The first-order valence-electron chi connectivity index (χ1n) is 3.85. The fraction of sp³-hybridized carbons (Fsp3) is 1.00. The molecule has 2 rings (SSSR count). The van der Waals surface area contributed by atoms with Crippen molar-refractivity contribution in [2.45, 2.75) is 26.3 Å². The monoisotopic (exact) mass is 125 g/mol. The Hall–Kier alpha value is -0.0400. The van der Waals surface area contributed by atoms with Gasteiger partial charge in [-0.1, -0.05) is 6.92 Å². The largest absolute Gasteiger partial charge is 0.303 e. The highest BCUT2D eigenvalue weighted by atomic mass is 15.2. The van der Waals surface area contributed by atoms with Crippen LogP contribution in [0.15, 0.2) is 0 Å². The summed E-state index contributed by atoms with van der Waals surface area (Å²) < 4.78 is 0. The predicted molar refractivity (Wildman–Crippen MR) is 38.3 cm³/mol. The maximum absolute atomic E-state index is 2.48. The van der Waals surface area contributed by atoms with Gasteiger partial charge in [0.2, 0.25) is 0 Å². The molecule has 1 aliphatic carbocycles. The van der Waals surface area contributed by atoms with E-state index in [1.54, 1.807) is 0 Å². The molecule has 0 N–H and O–H groups in total. The van der Waals surface area contributed by atoms with Crippen molar-refractivity contribution in [2.75, 3.05) is 13.6 Å². The first-order valence-corrected chi connectivity index (χ1v) is 3.85.